The highest BCUT2D eigenvalue weighted by molar-refractivity contribution is 5.92. The van der Waals surface area contributed by atoms with Crippen LogP contribution in [0.2, 0.25) is 0 Å². The number of amides is 1. The molecule has 37 heavy (non-hydrogen) atoms. The van der Waals surface area contributed by atoms with Crippen molar-refractivity contribution in [2.24, 2.45) is 17.3 Å². The minimum absolute atomic E-state index is 0.0326. The van der Waals surface area contributed by atoms with Crippen molar-refractivity contribution in [2.45, 2.75) is 77.8 Å². The summed E-state index contributed by atoms with van der Waals surface area (Å²) in [6.07, 6.45) is 9.55. The van der Waals surface area contributed by atoms with Gasteiger partial charge in [-0.05, 0) is 87.7 Å². The molecule has 194 valence electrons. The van der Waals surface area contributed by atoms with Gasteiger partial charge in [0.25, 0.3) is 0 Å². The summed E-state index contributed by atoms with van der Waals surface area (Å²) in [5, 5.41) is 23.7. The van der Waals surface area contributed by atoms with Gasteiger partial charge in [-0.25, -0.2) is 0 Å². The number of rotatable bonds is 7. The molecule has 7 rings (SSSR count). The molecule has 4 bridgehead atoms. The summed E-state index contributed by atoms with van der Waals surface area (Å²) in [6.45, 7) is 6.73. The maximum atomic E-state index is 13.5. The predicted octanol–water partition coefficient (Wildman–Crippen LogP) is 5.29. The molecule has 2 aromatic heterocycles. The van der Waals surface area contributed by atoms with Crippen LogP contribution in [-0.2, 0) is 16.9 Å². The van der Waals surface area contributed by atoms with Crippen LogP contribution in [0, 0.1) is 48.1 Å². The number of aromatic nitrogens is 4. The molecule has 2 heterocycles. The lowest BCUT2D eigenvalue weighted by atomic mass is 9.46. The number of benzene rings is 1. The Labute approximate surface area is 216 Å². The van der Waals surface area contributed by atoms with Crippen LogP contribution in [0.15, 0.2) is 36.7 Å². The van der Waals surface area contributed by atoms with Gasteiger partial charge in [0.1, 0.15) is 12.4 Å². The number of anilines is 1. The maximum Gasteiger partial charge on any atom is 0.307 e. The number of hydrogen-bond acceptors (Lipinski definition) is 5. The van der Waals surface area contributed by atoms with Gasteiger partial charge in [-0.2, -0.15) is 10.2 Å². The SMILES string of the molecule is Cc1ccccc1Cn1nc(C)c(NC(=O)CC23CC4CC(C2)CC(n2cc([N+](=O)[O-])cn2)(C4)C3)c1C. The number of nitrogens with one attached hydrogen (secondary N) is 1. The summed E-state index contributed by atoms with van der Waals surface area (Å²) in [5.41, 5.74) is 4.75. The van der Waals surface area contributed by atoms with Gasteiger partial charge in [0, 0.05) is 6.42 Å². The molecule has 0 radical (unpaired) electrons. The van der Waals surface area contributed by atoms with E-state index < -0.39 is 0 Å². The molecule has 4 aliphatic carbocycles. The van der Waals surface area contributed by atoms with E-state index in [9.17, 15) is 14.9 Å². The second-order valence-corrected chi connectivity index (χ2v) is 11.9. The number of aryl methyl sites for hydroxylation is 2. The monoisotopic (exact) mass is 502 g/mol. The van der Waals surface area contributed by atoms with E-state index in [0.717, 1.165) is 49.2 Å². The van der Waals surface area contributed by atoms with Crippen molar-refractivity contribution in [3.8, 4) is 0 Å². The Morgan fingerprint density at radius 3 is 2.57 bits per heavy atom. The predicted molar refractivity (Wildman–Crippen MR) is 139 cm³/mol. The summed E-state index contributed by atoms with van der Waals surface area (Å²) in [6, 6.07) is 8.29. The van der Waals surface area contributed by atoms with Gasteiger partial charge >= 0.3 is 5.69 Å². The second-order valence-electron chi connectivity index (χ2n) is 11.9. The Kier molecular flexibility index (Phi) is 5.51. The molecule has 1 amide bonds. The topological polar surface area (TPSA) is 108 Å². The van der Waals surface area contributed by atoms with Crippen LogP contribution in [0.1, 0.15) is 67.5 Å². The zero-order chi connectivity index (χ0) is 25.9. The highest BCUT2D eigenvalue weighted by atomic mass is 16.6. The minimum Gasteiger partial charge on any atom is -0.323 e. The van der Waals surface area contributed by atoms with Crippen LogP contribution in [0.5, 0.6) is 0 Å². The highest BCUT2D eigenvalue weighted by Crippen LogP contribution is 2.65. The fourth-order valence-electron chi connectivity index (χ4n) is 8.05. The van der Waals surface area contributed by atoms with Gasteiger partial charge in [-0.1, -0.05) is 24.3 Å². The smallest absolute Gasteiger partial charge is 0.307 e. The fraction of sp³-hybridized carbons (Fsp3) is 0.536. The zero-order valence-corrected chi connectivity index (χ0v) is 21.7. The van der Waals surface area contributed by atoms with E-state index in [1.165, 1.54) is 23.7 Å². The molecule has 4 fully saturated rings. The first-order valence-electron chi connectivity index (χ1n) is 13.2. The summed E-state index contributed by atoms with van der Waals surface area (Å²) in [7, 11) is 0. The van der Waals surface area contributed by atoms with Gasteiger partial charge in [0.2, 0.25) is 5.91 Å². The van der Waals surface area contributed by atoms with Crippen molar-refractivity contribution in [1.29, 1.82) is 0 Å². The average Bonchev–Trinajstić information content (AvgIpc) is 3.42. The van der Waals surface area contributed by atoms with Gasteiger partial charge in [0.05, 0.1) is 34.1 Å². The Morgan fingerprint density at radius 1 is 1.16 bits per heavy atom. The normalized spacial score (nSPS) is 28.0. The van der Waals surface area contributed by atoms with E-state index in [0.29, 0.717) is 24.8 Å². The molecular formula is C28H34N6O3. The summed E-state index contributed by atoms with van der Waals surface area (Å²) >= 11 is 0. The molecule has 2 atom stereocenters. The van der Waals surface area contributed by atoms with E-state index in [1.54, 1.807) is 6.20 Å². The fourth-order valence-corrected chi connectivity index (χ4v) is 8.05. The molecule has 0 spiro atoms. The van der Waals surface area contributed by atoms with Crippen molar-refractivity contribution < 1.29 is 9.72 Å². The first kappa shape index (κ1) is 23.9. The first-order chi connectivity index (χ1) is 17.7. The molecule has 9 nitrogen and oxygen atoms in total. The number of nitrogens with zero attached hydrogens (tertiary/aromatic N) is 5. The maximum absolute atomic E-state index is 13.5. The lowest BCUT2D eigenvalue weighted by molar-refractivity contribution is -0.385. The number of nitro groups is 1. The van der Waals surface area contributed by atoms with E-state index in [4.69, 9.17) is 5.10 Å². The third-order valence-corrected chi connectivity index (χ3v) is 9.18. The molecule has 1 N–H and O–H groups in total. The Hall–Kier alpha value is -3.49. The molecule has 3 aromatic rings. The van der Waals surface area contributed by atoms with Gasteiger partial charge in [-0.15, -0.1) is 0 Å². The second kappa shape index (κ2) is 8.53. The molecule has 9 heteroatoms. The van der Waals surface area contributed by atoms with Crippen LogP contribution < -0.4 is 5.32 Å². The van der Waals surface area contributed by atoms with E-state index >= 15 is 0 Å². The molecule has 4 aliphatic rings. The highest BCUT2D eigenvalue weighted by Gasteiger charge is 2.59. The van der Waals surface area contributed by atoms with Crippen molar-refractivity contribution >= 4 is 17.3 Å². The summed E-state index contributed by atoms with van der Waals surface area (Å²) in [5.74, 6) is 1.11. The van der Waals surface area contributed by atoms with Crippen molar-refractivity contribution in [2.75, 3.05) is 5.32 Å². The third-order valence-electron chi connectivity index (χ3n) is 9.18. The Morgan fingerprint density at radius 2 is 1.89 bits per heavy atom. The van der Waals surface area contributed by atoms with E-state index in [1.807, 2.05) is 35.3 Å². The standard InChI is InChI=1S/C28H34N6O3/c1-18-6-4-5-7-23(18)15-32-20(3)26(19(2)31-32)30-25(35)13-27-9-21-8-22(10-27)12-28(11-21,17-27)33-16-24(14-29-33)34(36)37/h4-7,14,16,21-22H,8-13,15,17H2,1-3H3,(H,30,35). The van der Waals surface area contributed by atoms with Crippen molar-refractivity contribution in [3.05, 3.63) is 69.3 Å². The number of carbonyl (C=O) groups is 1. The number of hydrogen-bond donors (Lipinski definition) is 1. The van der Waals surface area contributed by atoms with Crippen LogP contribution in [0.4, 0.5) is 11.4 Å². The zero-order valence-electron chi connectivity index (χ0n) is 21.7. The van der Waals surface area contributed by atoms with E-state index in [2.05, 4.69) is 29.5 Å². The quantitative estimate of drug-likeness (QED) is 0.349. The van der Waals surface area contributed by atoms with Crippen LogP contribution in [0.3, 0.4) is 0 Å². The largest absolute Gasteiger partial charge is 0.323 e. The van der Waals surface area contributed by atoms with Crippen LogP contribution >= 0.6 is 0 Å². The lowest BCUT2D eigenvalue weighted by Crippen LogP contribution is -2.57. The third kappa shape index (κ3) is 4.14. The van der Waals surface area contributed by atoms with Gasteiger partial charge in [-0.3, -0.25) is 24.3 Å². The first-order valence-corrected chi connectivity index (χ1v) is 13.2. The van der Waals surface area contributed by atoms with E-state index in [-0.39, 0.29) is 27.5 Å². The molecule has 1 aromatic carbocycles. The van der Waals surface area contributed by atoms with Gasteiger partial charge < -0.3 is 5.32 Å². The Balaban J connectivity index is 1.21. The minimum atomic E-state index is -0.378. The molecular weight excluding hydrogens is 468 g/mol. The molecule has 4 saturated carbocycles. The average molecular weight is 503 g/mol. The van der Waals surface area contributed by atoms with Gasteiger partial charge in [0.15, 0.2) is 0 Å². The molecule has 0 aliphatic heterocycles. The van der Waals surface area contributed by atoms with Crippen molar-refractivity contribution in [3.63, 3.8) is 0 Å². The van der Waals surface area contributed by atoms with Crippen molar-refractivity contribution in [1.82, 2.24) is 19.6 Å². The lowest BCUT2D eigenvalue weighted by Gasteiger charge is -2.61. The summed E-state index contributed by atoms with van der Waals surface area (Å²) in [4.78, 5) is 24.4. The molecule has 0 saturated heterocycles. The summed E-state index contributed by atoms with van der Waals surface area (Å²) < 4.78 is 3.83. The van der Waals surface area contributed by atoms with Crippen LogP contribution in [-0.4, -0.2) is 30.4 Å². The number of carbonyl (C=O) groups excluding carboxylic acids is 1. The molecule has 2 unspecified atom stereocenters. The van der Waals surface area contributed by atoms with Crippen LogP contribution in [0.25, 0.3) is 0 Å². The Bertz CT molecular complexity index is 1370.